The van der Waals surface area contributed by atoms with Gasteiger partial charge in [-0.05, 0) is 194 Å². The smallest absolute Gasteiger partial charge is 0.407 e. The fourth-order valence-corrected chi connectivity index (χ4v) is 11.0. The molecule has 0 bridgehead atoms. The fourth-order valence-electron chi connectivity index (χ4n) is 11.0. The Labute approximate surface area is 714 Å². The summed E-state index contributed by atoms with van der Waals surface area (Å²) in [5.41, 5.74) is -5.50. The number of ether oxygens (including phenoxy) is 6. The van der Waals surface area contributed by atoms with Gasteiger partial charge in [-0.2, -0.15) is 0 Å². The molecule has 122 heavy (non-hydrogen) atoms. The van der Waals surface area contributed by atoms with Crippen molar-refractivity contribution in [1.82, 2.24) is 85.1 Å². The van der Waals surface area contributed by atoms with Crippen molar-refractivity contribution in [3.63, 3.8) is 0 Å². The van der Waals surface area contributed by atoms with E-state index in [0.29, 0.717) is 12.0 Å². The molecule has 12 atom stereocenters. The maximum Gasteiger partial charge on any atom is 0.407 e. The van der Waals surface area contributed by atoms with Gasteiger partial charge in [-0.1, -0.05) is 51.1 Å². The van der Waals surface area contributed by atoms with Gasteiger partial charge in [0.2, 0.25) is 65.0 Å². The molecule has 0 spiro atoms. The van der Waals surface area contributed by atoms with Crippen LogP contribution in [-0.2, 0) is 92.4 Å². The highest BCUT2D eigenvalue weighted by atomic mass is 16.6. The van der Waals surface area contributed by atoms with Crippen LogP contribution in [-0.4, -0.2) is 258 Å². The molecule has 0 radical (unpaired) electrons. The molecule has 1 aromatic rings. The van der Waals surface area contributed by atoms with Crippen LogP contribution < -0.4 is 85.1 Å². The first kappa shape index (κ1) is 107. The van der Waals surface area contributed by atoms with Crippen LogP contribution in [0.25, 0.3) is 0 Å². The van der Waals surface area contributed by atoms with Crippen LogP contribution in [0.1, 0.15) is 216 Å². The van der Waals surface area contributed by atoms with Crippen LogP contribution in [0.3, 0.4) is 0 Å². The molecule has 0 aromatic heterocycles. The number of aliphatic hydroxyl groups is 2. The lowest BCUT2D eigenvalue weighted by Gasteiger charge is -2.29. The summed E-state index contributed by atoms with van der Waals surface area (Å²) in [4.78, 5) is 241. The van der Waals surface area contributed by atoms with Crippen molar-refractivity contribution in [1.29, 1.82) is 0 Å². The summed E-state index contributed by atoms with van der Waals surface area (Å²) in [6, 6.07) is -9.74. The minimum Gasteiger partial charge on any atom is -0.465 e. The van der Waals surface area contributed by atoms with E-state index in [4.69, 9.17) is 28.4 Å². The van der Waals surface area contributed by atoms with Gasteiger partial charge < -0.3 is 124 Å². The largest absolute Gasteiger partial charge is 0.465 e. The van der Waals surface area contributed by atoms with Crippen LogP contribution in [0, 0.1) is 11.3 Å². The van der Waals surface area contributed by atoms with Gasteiger partial charge in [-0.25, -0.2) is 24.0 Å². The Hall–Kier alpha value is -10.9. The summed E-state index contributed by atoms with van der Waals surface area (Å²) in [6.07, 6.45) is -11.9. The van der Waals surface area contributed by atoms with Gasteiger partial charge in [0, 0.05) is 45.7 Å². The predicted octanol–water partition coefficient (Wildman–Crippen LogP) is 1.35. The van der Waals surface area contributed by atoms with Crippen molar-refractivity contribution in [3.8, 4) is 0 Å². The summed E-state index contributed by atoms with van der Waals surface area (Å²) in [6.45, 7) is 31.3. The number of carbonyl (C=O) groups excluding carboxylic acids is 17. The lowest BCUT2D eigenvalue weighted by Crippen LogP contribution is -2.62. The number of carbonyl (C=O) groups is 17. The molecule has 1 aliphatic heterocycles. The second-order valence-electron chi connectivity index (χ2n) is 35.6. The molecule has 1 fully saturated rings. The number of rotatable bonds is 33. The standard InChI is InChI=1S/C81H136N16O25/c1-23-81(21,22)70(111)117-42-35-57(100)88-49(30-37-83-71(112)118-76(6,7)8)64(105)97-59(47(5)99)69(110)93-53(33-40-86-74(115)121-79(15,16)17)62(103)89-50-29-36-82-68(109)58(46(4)98)96-65(106)54(34-41-87-75(116)122-80(18,19)20)91-61(102)51(31-38-84-72(113)119-77(9,10)11)92-66(107)55(43-45(2)3)94-67(108)56(44-48-27-25-24-26-28-48)95-63(104)52(90-60(50)101)32-39-85-73(114)120-78(12,13)14/h24-28,45-47,49-56,58-59,98-99H,23,29-44H2,1-22H3,(H,82,109)(H,83,112)(H,84,113)(H,85,114)(H,86,115)(H,87,116)(H,88,100)(H,89,103)(H,90,101)(H,91,102)(H,92,107)(H,93,110)(H,94,108)(H,95,104)(H,96,106)(H,97,105)/t46?,47?,49-,50-,51-,52-,53-,54-,55-,56+,58-,59-/m0/s1. The summed E-state index contributed by atoms with van der Waals surface area (Å²) >= 11 is 0. The van der Waals surface area contributed by atoms with E-state index in [9.17, 15) is 72.5 Å². The Morgan fingerprint density at radius 1 is 0.451 bits per heavy atom. The van der Waals surface area contributed by atoms with Gasteiger partial charge >= 0.3 is 36.4 Å². The van der Waals surface area contributed by atoms with E-state index in [-0.39, 0.29) is 32.4 Å². The minimum atomic E-state index is -2.02. The van der Waals surface area contributed by atoms with Crippen molar-refractivity contribution < 1.29 is 120 Å². The van der Waals surface area contributed by atoms with Gasteiger partial charge in [0.1, 0.15) is 95.0 Å². The number of benzene rings is 1. The molecule has 0 saturated carbocycles. The number of aliphatic hydroxyl groups excluding tert-OH is 2. The summed E-state index contributed by atoms with van der Waals surface area (Å²) < 4.78 is 32.2. The topological polar surface area (TPSA) is 579 Å². The first-order valence-electron chi connectivity index (χ1n) is 41.0. The zero-order valence-corrected chi connectivity index (χ0v) is 74.7. The molecule has 690 valence electrons. The molecular weight excluding hydrogens is 1600 g/mol. The van der Waals surface area contributed by atoms with Crippen molar-refractivity contribution in [2.45, 2.75) is 317 Å². The van der Waals surface area contributed by atoms with E-state index in [1.165, 1.54) is 0 Å². The van der Waals surface area contributed by atoms with Gasteiger partial charge in [0.15, 0.2) is 0 Å². The third-order valence-electron chi connectivity index (χ3n) is 17.4. The zero-order valence-electron chi connectivity index (χ0n) is 74.7. The predicted molar refractivity (Wildman–Crippen MR) is 444 cm³/mol. The third-order valence-corrected chi connectivity index (χ3v) is 17.4. The number of alkyl carbamates (subject to hydrolysis) is 5. The third kappa shape index (κ3) is 44.6. The Morgan fingerprint density at radius 3 is 1.23 bits per heavy atom. The molecule has 1 aliphatic rings. The Balaban J connectivity index is 3.12. The summed E-state index contributed by atoms with van der Waals surface area (Å²) in [5.74, 6) is -13.3. The fraction of sp³-hybridized carbons (Fsp3) is 0.716. The van der Waals surface area contributed by atoms with Crippen molar-refractivity contribution >= 4 is 101 Å². The van der Waals surface area contributed by atoms with Crippen LogP contribution in [0.2, 0.25) is 0 Å². The minimum absolute atomic E-state index is 0.135. The van der Waals surface area contributed by atoms with Crippen LogP contribution in [0.4, 0.5) is 24.0 Å². The van der Waals surface area contributed by atoms with E-state index in [0.717, 1.165) is 13.8 Å². The molecule has 1 heterocycles. The maximum absolute atomic E-state index is 15.4. The van der Waals surface area contributed by atoms with Gasteiger partial charge in [-0.3, -0.25) is 57.5 Å². The highest BCUT2D eigenvalue weighted by Crippen LogP contribution is 2.22. The van der Waals surface area contributed by atoms with E-state index in [1.807, 2.05) is 0 Å². The highest BCUT2D eigenvalue weighted by Gasteiger charge is 2.40. The first-order chi connectivity index (χ1) is 56.3. The van der Waals surface area contributed by atoms with Crippen LogP contribution in [0.15, 0.2) is 30.3 Å². The lowest BCUT2D eigenvalue weighted by molar-refractivity contribution is -0.154. The lowest BCUT2D eigenvalue weighted by atomic mass is 9.91. The number of amides is 16. The van der Waals surface area contributed by atoms with E-state index in [1.54, 1.807) is 169 Å². The van der Waals surface area contributed by atoms with Crippen LogP contribution >= 0.6 is 0 Å². The Bertz CT molecular complexity index is 3700. The molecule has 1 saturated heterocycles. The summed E-state index contributed by atoms with van der Waals surface area (Å²) in [7, 11) is 0. The Kier molecular flexibility index (Phi) is 43.8. The second-order valence-corrected chi connectivity index (χ2v) is 35.6. The SMILES string of the molecule is CCC(C)(C)C(=O)OCCC(=O)N[C@@H](CCNC(=O)OC(C)(C)C)C(=O)N[C@H](C(=O)N[C@@H](CCNC(=O)OC(C)(C)C)C(=O)N[C@H]1CCNC(=O)[C@H](C(C)O)NC(=O)[C@H](CCNC(=O)OC(C)(C)C)NC(=O)[C@H](CCNC(=O)OC(C)(C)C)NC(=O)[C@H](CC(C)C)NC(=O)[C@@H](Cc2ccccc2)NC(=O)[C@H](CCNC(=O)OC(C)(C)C)NC1=O)C(C)O. The van der Waals surface area contributed by atoms with Crippen molar-refractivity contribution in [2.75, 3.05) is 45.9 Å². The number of hydrogen-bond acceptors (Lipinski definition) is 25. The summed E-state index contributed by atoms with van der Waals surface area (Å²) in [5, 5.41) is 62.7. The molecule has 1 aromatic carbocycles. The van der Waals surface area contributed by atoms with Crippen LogP contribution in [0.5, 0.6) is 0 Å². The molecule has 41 nitrogen and oxygen atoms in total. The zero-order chi connectivity index (χ0) is 93.0. The number of hydrogen-bond donors (Lipinski definition) is 18. The molecular formula is C81H136N16O25. The normalized spacial score (nSPS) is 19.6. The second kappa shape index (κ2) is 49.9. The first-order valence-corrected chi connectivity index (χ1v) is 41.0. The quantitative estimate of drug-likeness (QED) is 0.0349. The molecule has 41 heteroatoms. The van der Waals surface area contributed by atoms with Gasteiger partial charge in [0.25, 0.3) is 0 Å². The van der Waals surface area contributed by atoms with E-state index >= 15 is 19.2 Å². The monoisotopic (exact) mass is 1730 g/mol. The molecule has 0 aliphatic carbocycles. The maximum atomic E-state index is 15.4. The molecule has 16 amide bonds. The molecule has 18 N–H and O–H groups in total. The van der Waals surface area contributed by atoms with Crippen molar-refractivity contribution in [2.24, 2.45) is 11.3 Å². The average Bonchev–Trinajstić information content (AvgIpc) is 0.969. The van der Waals surface area contributed by atoms with Gasteiger partial charge in [0.05, 0.1) is 24.0 Å². The van der Waals surface area contributed by atoms with Crippen molar-refractivity contribution in [3.05, 3.63) is 35.9 Å². The van der Waals surface area contributed by atoms with Gasteiger partial charge in [-0.15, -0.1) is 0 Å². The van der Waals surface area contributed by atoms with E-state index < -0.39 is 285 Å². The number of esters is 1. The molecule has 2 unspecified atom stereocenters. The average molecular weight is 1730 g/mol. The number of nitrogens with one attached hydrogen (secondary N) is 16. The highest BCUT2D eigenvalue weighted by molar-refractivity contribution is 5.99. The molecule has 2 rings (SSSR count). The van der Waals surface area contributed by atoms with E-state index in [2.05, 4.69) is 85.1 Å². The Morgan fingerprint density at radius 2 is 0.828 bits per heavy atom.